The van der Waals surface area contributed by atoms with Crippen molar-refractivity contribution in [3.8, 4) is 23.6 Å². The third-order valence-corrected chi connectivity index (χ3v) is 7.28. The largest absolute Gasteiger partial charge is 0.508 e. The van der Waals surface area contributed by atoms with E-state index in [0.717, 1.165) is 45.5 Å². The molecule has 0 unspecified atom stereocenters. The van der Waals surface area contributed by atoms with Crippen LogP contribution in [0.2, 0.25) is 0 Å². The van der Waals surface area contributed by atoms with Crippen molar-refractivity contribution in [3.05, 3.63) is 82.9 Å². The number of hydrogen-bond acceptors (Lipinski definition) is 5. The Balaban J connectivity index is 1.58. The van der Waals surface area contributed by atoms with E-state index in [2.05, 4.69) is 17.0 Å². The Hall–Kier alpha value is -4.06. The fourth-order valence-electron chi connectivity index (χ4n) is 5.40. The predicted molar refractivity (Wildman–Crippen MR) is 137 cm³/mol. The van der Waals surface area contributed by atoms with Crippen LogP contribution in [-0.4, -0.2) is 21.2 Å². The van der Waals surface area contributed by atoms with Gasteiger partial charge in [-0.2, -0.15) is 10.5 Å². The first-order valence-corrected chi connectivity index (χ1v) is 12.1. The third kappa shape index (κ3) is 4.52. The highest BCUT2D eigenvalue weighted by atomic mass is 16.3. The van der Waals surface area contributed by atoms with Crippen LogP contribution in [0.4, 0.5) is 0 Å². The molecule has 4 aromatic carbocycles. The number of rotatable bonds is 5. The fraction of sp³-hybridized carbons (Fsp3) is 0.267. The smallest absolute Gasteiger partial charge is 0.120 e. The fourth-order valence-corrected chi connectivity index (χ4v) is 5.40. The van der Waals surface area contributed by atoms with Crippen molar-refractivity contribution in [2.24, 2.45) is 0 Å². The zero-order valence-corrected chi connectivity index (χ0v) is 19.5. The van der Waals surface area contributed by atoms with Crippen molar-refractivity contribution >= 4 is 21.5 Å². The molecule has 0 amide bonds. The summed E-state index contributed by atoms with van der Waals surface area (Å²) in [5.41, 5.74) is 2.86. The van der Waals surface area contributed by atoms with Gasteiger partial charge in [0.05, 0.1) is 23.3 Å². The van der Waals surface area contributed by atoms with E-state index >= 15 is 0 Å². The van der Waals surface area contributed by atoms with E-state index in [9.17, 15) is 20.7 Å². The molecule has 0 bridgehead atoms. The van der Waals surface area contributed by atoms with Crippen molar-refractivity contribution in [2.45, 2.75) is 51.2 Å². The van der Waals surface area contributed by atoms with Gasteiger partial charge in [-0.3, -0.25) is 4.90 Å². The highest BCUT2D eigenvalue weighted by molar-refractivity contribution is 5.90. The number of nitriles is 2. The van der Waals surface area contributed by atoms with E-state index in [1.54, 1.807) is 24.3 Å². The van der Waals surface area contributed by atoms with Gasteiger partial charge in [-0.05, 0) is 70.8 Å². The van der Waals surface area contributed by atoms with Crippen molar-refractivity contribution in [2.75, 3.05) is 0 Å². The second kappa shape index (κ2) is 9.66. The number of phenolic OH excluding ortho intramolecular Hbond substituents is 2. The molecule has 5 nitrogen and oxygen atoms in total. The molecule has 174 valence electrons. The molecule has 0 saturated heterocycles. The lowest BCUT2D eigenvalue weighted by Gasteiger charge is -2.35. The lowest BCUT2D eigenvalue weighted by Crippen LogP contribution is -2.36. The molecular weight excluding hydrogens is 434 g/mol. The SMILES string of the molecule is N#Cc1ccc2c(CN(Cc3c(O)ccc4cc(C#N)ccc34)C3CCCCC3)c(O)ccc2c1. The van der Waals surface area contributed by atoms with Gasteiger partial charge >= 0.3 is 0 Å². The molecule has 0 aromatic heterocycles. The zero-order chi connectivity index (χ0) is 24.4. The molecule has 0 radical (unpaired) electrons. The average Bonchev–Trinajstić information content (AvgIpc) is 2.90. The average molecular weight is 462 g/mol. The maximum atomic E-state index is 10.9. The minimum absolute atomic E-state index is 0.240. The van der Waals surface area contributed by atoms with Crippen LogP contribution >= 0.6 is 0 Å². The summed E-state index contributed by atoms with van der Waals surface area (Å²) in [6.07, 6.45) is 5.72. The molecule has 0 atom stereocenters. The van der Waals surface area contributed by atoms with E-state index in [0.29, 0.717) is 30.3 Å². The first-order valence-electron chi connectivity index (χ1n) is 12.1. The Kier molecular flexibility index (Phi) is 6.27. The molecule has 0 spiro atoms. The van der Waals surface area contributed by atoms with Crippen LogP contribution in [0.15, 0.2) is 60.7 Å². The molecule has 1 fully saturated rings. The Labute approximate surface area is 205 Å². The van der Waals surface area contributed by atoms with Crippen molar-refractivity contribution in [1.29, 1.82) is 10.5 Å². The van der Waals surface area contributed by atoms with Crippen molar-refractivity contribution < 1.29 is 10.2 Å². The first kappa shape index (κ1) is 22.7. The van der Waals surface area contributed by atoms with Crippen molar-refractivity contribution in [3.63, 3.8) is 0 Å². The zero-order valence-electron chi connectivity index (χ0n) is 19.5. The van der Waals surface area contributed by atoms with E-state index in [-0.39, 0.29) is 11.5 Å². The van der Waals surface area contributed by atoms with Crippen LogP contribution in [0.25, 0.3) is 21.5 Å². The van der Waals surface area contributed by atoms with Crippen LogP contribution in [0.1, 0.15) is 54.4 Å². The number of fused-ring (bicyclic) bond motifs is 2. The molecule has 5 rings (SSSR count). The Bertz CT molecular complexity index is 1380. The van der Waals surface area contributed by atoms with Crippen LogP contribution < -0.4 is 0 Å². The number of aromatic hydroxyl groups is 2. The van der Waals surface area contributed by atoms with Gasteiger partial charge < -0.3 is 10.2 Å². The summed E-state index contributed by atoms with van der Waals surface area (Å²) >= 11 is 0. The summed E-state index contributed by atoms with van der Waals surface area (Å²) in [4.78, 5) is 2.37. The lowest BCUT2D eigenvalue weighted by atomic mass is 9.92. The number of hydrogen-bond donors (Lipinski definition) is 2. The van der Waals surface area contributed by atoms with Gasteiger partial charge in [0.2, 0.25) is 0 Å². The monoisotopic (exact) mass is 461 g/mol. The quantitative estimate of drug-likeness (QED) is 0.355. The van der Waals surface area contributed by atoms with Gasteiger partial charge in [-0.1, -0.05) is 43.5 Å². The van der Waals surface area contributed by atoms with Gasteiger partial charge in [0, 0.05) is 30.3 Å². The summed E-state index contributed by atoms with van der Waals surface area (Å²) in [7, 11) is 0. The molecular formula is C30H27N3O2. The van der Waals surface area contributed by atoms with E-state index in [1.165, 1.54) is 19.3 Å². The molecule has 0 heterocycles. The Morgan fingerprint density at radius 3 is 1.63 bits per heavy atom. The van der Waals surface area contributed by atoms with Gasteiger partial charge in [0.1, 0.15) is 11.5 Å². The van der Waals surface area contributed by atoms with Gasteiger partial charge in [0.25, 0.3) is 0 Å². The minimum Gasteiger partial charge on any atom is -0.508 e. The molecule has 4 aromatic rings. The van der Waals surface area contributed by atoms with Gasteiger partial charge in [-0.25, -0.2) is 0 Å². The summed E-state index contributed by atoms with van der Waals surface area (Å²) in [6, 6.07) is 23.0. The number of nitrogens with zero attached hydrogens (tertiary/aromatic N) is 3. The summed E-state index contributed by atoms with van der Waals surface area (Å²) in [5.74, 6) is 0.479. The lowest BCUT2D eigenvalue weighted by molar-refractivity contribution is 0.138. The topological polar surface area (TPSA) is 91.3 Å². The van der Waals surface area contributed by atoms with Gasteiger partial charge in [-0.15, -0.1) is 0 Å². The first-order chi connectivity index (χ1) is 17.1. The normalized spacial score (nSPS) is 14.3. The second-order valence-corrected chi connectivity index (χ2v) is 9.42. The van der Waals surface area contributed by atoms with E-state index < -0.39 is 0 Å². The Morgan fingerprint density at radius 2 is 1.17 bits per heavy atom. The summed E-state index contributed by atoms with van der Waals surface area (Å²) < 4.78 is 0. The molecule has 1 saturated carbocycles. The highest BCUT2D eigenvalue weighted by Crippen LogP contribution is 2.35. The van der Waals surface area contributed by atoms with Crippen LogP contribution in [0, 0.1) is 22.7 Å². The standard InChI is InChI=1S/C30H27N3O2/c31-16-20-6-10-25-22(14-20)8-12-29(34)27(25)18-33(24-4-2-1-3-5-24)19-28-26-11-7-21(17-32)15-23(26)9-13-30(28)35/h6-15,24,34-35H,1-5,18-19H2. The summed E-state index contributed by atoms with van der Waals surface area (Å²) in [5, 5.41) is 44.0. The highest BCUT2D eigenvalue weighted by Gasteiger charge is 2.25. The predicted octanol–water partition coefficient (Wildman–Crippen LogP) is 6.48. The summed E-state index contributed by atoms with van der Waals surface area (Å²) in [6.45, 7) is 1.07. The van der Waals surface area contributed by atoms with Crippen LogP contribution in [0.3, 0.4) is 0 Å². The number of phenols is 2. The maximum Gasteiger partial charge on any atom is 0.120 e. The van der Waals surface area contributed by atoms with Crippen LogP contribution in [-0.2, 0) is 13.1 Å². The Morgan fingerprint density at radius 1 is 0.686 bits per heavy atom. The molecule has 5 heteroatoms. The molecule has 35 heavy (non-hydrogen) atoms. The van der Waals surface area contributed by atoms with Gasteiger partial charge in [0.15, 0.2) is 0 Å². The minimum atomic E-state index is 0.240. The van der Waals surface area contributed by atoms with Crippen molar-refractivity contribution in [1.82, 2.24) is 4.90 Å². The molecule has 0 aliphatic heterocycles. The third-order valence-electron chi connectivity index (χ3n) is 7.28. The molecule has 1 aliphatic carbocycles. The van der Waals surface area contributed by atoms with Crippen LogP contribution in [0.5, 0.6) is 11.5 Å². The molecule has 1 aliphatic rings. The van der Waals surface area contributed by atoms with E-state index in [1.807, 2.05) is 36.4 Å². The number of benzene rings is 4. The molecule has 2 N–H and O–H groups in total. The van der Waals surface area contributed by atoms with E-state index in [4.69, 9.17) is 0 Å². The maximum absolute atomic E-state index is 10.9. The second-order valence-electron chi connectivity index (χ2n) is 9.42.